The molecule has 0 fully saturated rings. The monoisotopic (exact) mass is 440 g/mol. The van der Waals surface area contributed by atoms with E-state index in [2.05, 4.69) is 26.2 Å². The van der Waals surface area contributed by atoms with Crippen LogP contribution in [0.25, 0.3) is 0 Å². The molecule has 0 spiro atoms. The number of phenolic OH excluding ortho intramolecular Hbond substituents is 1. The summed E-state index contributed by atoms with van der Waals surface area (Å²) in [6.07, 6.45) is 3.62. The van der Waals surface area contributed by atoms with Gasteiger partial charge < -0.3 is 15.2 Å². The molecule has 1 atom stereocenters. The van der Waals surface area contributed by atoms with Crippen LogP contribution < -0.4 is 10.1 Å². The zero-order chi connectivity index (χ0) is 19.9. The average molecular weight is 441 g/mol. The van der Waals surface area contributed by atoms with E-state index in [4.69, 9.17) is 4.74 Å². The molecule has 0 aliphatic heterocycles. The molecule has 3 rings (SSSR count). The predicted molar refractivity (Wildman–Crippen MR) is 111 cm³/mol. The first-order valence-corrected chi connectivity index (χ1v) is 9.64. The number of ether oxygens (including phenoxy) is 1. The molecule has 0 bridgehead atoms. The Morgan fingerprint density at radius 3 is 2.68 bits per heavy atom. The Hall–Kier alpha value is -2.86. The van der Waals surface area contributed by atoms with Gasteiger partial charge in [-0.25, -0.2) is 0 Å². The summed E-state index contributed by atoms with van der Waals surface area (Å²) in [5.41, 5.74) is 2.55. The average Bonchev–Trinajstić information content (AvgIpc) is 2.73. The van der Waals surface area contributed by atoms with E-state index in [-0.39, 0.29) is 24.0 Å². The number of nitrogens with one attached hydrogen (secondary N) is 1. The third-order valence-corrected chi connectivity index (χ3v) is 4.98. The summed E-state index contributed by atoms with van der Waals surface area (Å²) in [7, 11) is 1.61. The number of pyridine rings is 1. The molecule has 2 aromatic carbocycles. The van der Waals surface area contributed by atoms with Gasteiger partial charge >= 0.3 is 0 Å². The van der Waals surface area contributed by atoms with Crippen molar-refractivity contribution >= 4 is 21.8 Å². The standard InChI is InChI=1S/C22H21BrN2O3/c1-28-18-7-4-16(5-8-18)19(20-11-17(23)6-9-21(20)26)12-22(27)25-14-15-3-2-10-24-13-15/h2-11,13,19,26H,12,14H2,1H3,(H,25,27). The largest absolute Gasteiger partial charge is 0.508 e. The van der Waals surface area contributed by atoms with Crippen molar-refractivity contribution in [1.82, 2.24) is 10.3 Å². The molecule has 28 heavy (non-hydrogen) atoms. The SMILES string of the molecule is COc1ccc(C(CC(=O)NCc2cccnc2)c2cc(Br)ccc2O)cc1. The van der Waals surface area contributed by atoms with Crippen LogP contribution in [0.4, 0.5) is 0 Å². The van der Waals surface area contributed by atoms with E-state index in [1.54, 1.807) is 31.6 Å². The van der Waals surface area contributed by atoms with E-state index in [0.717, 1.165) is 21.3 Å². The van der Waals surface area contributed by atoms with Crippen molar-refractivity contribution in [3.8, 4) is 11.5 Å². The zero-order valence-electron chi connectivity index (χ0n) is 15.4. The highest BCUT2D eigenvalue weighted by molar-refractivity contribution is 9.10. The van der Waals surface area contributed by atoms with E-state index in [1.807, 2.05) is 42.5 Å². The van der Waals surface area contributed by atoms with Crippen molar-refractivity contribution in [2.45, 2.75) is 18.9 Å². The summed E-state index contributed by atoms with van der Waals surface area (Å²) >= 11 is 3.45. The Bertz CT molecular complexity index is 930. The summed E-state index contributed by atoms with van der Waals surface area (Å²) in [5.74, 6) is 0.493. The molecule has 2 N–H and O–H groups in total. The van der Waals surface area contributed by atoms with Crippen LogP contribution >= 0.6 is 15.9 Å². The molecular weight excluding hydrogens is 420 g/mol. The van der Waals surface area contributed by atoms with Crippen LogP contribution in [0, 0.1) is 0 Å². The second-order valence-corrected chi connectivity index (χ2v) is 7.29. The highest BCUT2D eigenvalue weighted by Crippen LogP contribution is 2.36. The fraction of sp³-hybridized carbons (Fsp3) is 0.182. The lowest BCUT2D eigenvalue weighted by Crippen LogP contribution is -2.25. The summed E-state index contributed by atoms with van der Waals surface area (Å²) in [5, 5.41) is 13.3. The van der Waals surface area contributed by atoms with Gasteiger partial charge in [-0.1, -0.05) is 34.1 Å². The summed E-state index contributed by atoms with van der Waals surface area (Å²) in [4.78, 5) is 16.7. The number of methoxy groups -OCH3 is 1. The van der Waals surface area contributed by atoms with Crippen LogP contribution in [0.3, 0.4) is 0 Å². The minimum Gasteiger partial charge on any atom is -0.508 e. The molecule has 0 aliphatic rings. The predicted octanol–water partition coefficient (Wildman–Crippen LogP) is 4.40. The van der Waals surface area contributed by atoms with Gasteiger partial charge in [0.05, 0.1) is 7.11 Å². The van der Waals surface area contributed by atoms with Gasteiger partial charge in [-0.3, -0.25) is 9.78 Å². The van der Waals surface area contributed by atoms with E-state index in [9.17, 15) is 9.90 Å². The molecule has 0 saturated carbocycles. The van der Waals surface area contributed by atoms with Gasteiger partial charge in [-0.05, 0) is 47.5 Å². The fourth-order valence-electron chi connectivity index (χ4n) is 3.01. The van der Waals surface area contributed by atoms with Gasteiger partial charge in [0.2, 0.25) is 5.91 Å². The van der Waals surface area contributed by atoms with Crippen LogP contribution in [-0.2, 0) is 11.3 Å². The highest BCUT2D eigenvalue weighted by atomic mass is 79.9. The molecule has 3 aromatic rings. The van der Waals surface area contributed by atoms with Crippen LogP contribution in [0.15, 0.2) is 71.5 Å². The lowest BCUT2D eigenvalue weighted by Gasteiger charge is -2.20. The first-order valence-electron chi connectivity index (χ1n) is 8.85. The Morgan fingerprint density at radius 1 is 1.21 bits per heavy atom. The number of hydrogen-bond acceptors (Lipinski definition) is 4. The van der Waals surface area contributed by atoms with Crippen molar-refractivity contribution in [3.05, 3.63) is 88.2 Å². The molecule has 0 aliphatic carbocycles. The summed E-state index contributed by atoms with van der Waals surface area (Å²) in [6, 6.07) is 16.5. The third kappa shape index (κ3) is 5.10. The van der Waals surface area contributed by atoms with Gasteiger partial charge in [0, 0.05) is 41.3 Å². The summed E-state index contributed by atoms with van der Waals surface area (Å²) < 4.78 is 6.07. The lowest BCUT2D eigenvalue weighted by atomic mass is 9.87. The number of aromatic nitrogens is 1. The number of aromatic hydroxyl groups is 1. The van der Waals surface area contributed by atoms with Gasteiger partial charge in [0.1, 0.15) is 11.5 Å². The minimum atomic E-state index is -0.294. The lowest BCUT2D eigenvalue weighted by molar-refractivity contribution is -0.121. The molecule has 144 valence electrons. The van der Waals surface area contributed by atoms with E-state index >= 15 is 0 Å². The molecule has 0 radical (unpaired) electrons. The van der Waals surface area contributed by atoms with Gasteiger partial charge in [0.15, 0.2) is 0 Å². The van der Waals surface area contributed by atoms with Crippen molar-refractivity contribution in [1.29, 1.82) is 0 Å². The van der Waals surface area contributed by atoms with E-state index < -0.39 is 0 Å². The first kappa shape index (κ1) is 19.9. The number of halogens is 1. The van der Waals surface area contributed by atoms with Gasteiger partial charge in [0.25, 0.3) is 0 Å². The molecule has 0 saturated heterocycles. The second kappa shape index (κ2) is 9.37. The second-order valence-electron chi connectivity index (χ2n) is 6.37. The smallest absolute Gasteiger partial charge is 0.221 e. The quantitative estimate of drug-likeness (QED) is 0.571. The van der Waals surface area contributed by atoms with Crippen LogP contribution in [0.2, 0.25) is 0 Å². The van der Waals surface area contributed by atoms with Crippen LogP contribution in [0.1, 0.15) is 29.0 Å². The van der Waals surface area contributed by atoms with E-state index in [0.29, 0.717) is 12.1 Å². The Labute approximate surface area is 172 Å². The molecule has 1 amide bonds. The van der Waals surface area contributed by atoms with Crippen LogP contribution in [0.5, 0.6) is 11.5 Å². The maximum Gasteiger partial charge on any atom is 0.221 e. The third-order valence-electron chi connectivity index (χ3n) is 4.49. The number of rotatable bonds is 7. The molecule has 1 aromatic heterocycles. The topological polar surface area (TPSA) is 71.5 Å². The fourth-order valence-corrected chi connectivity index (χ4v) is 3.39. The summed E-state index contributed by atoms with van der Waals surface area (Å²) in [6.45, 7) is 0.409. The number of hydrogen-bond donors (Lipinski definition) is 2. The Balaban J connectivity index is 1.83. The van der Waals surface area contributed by atoms with Crippen LogP contribution in [-0.4, -0.2) is 23.1 Å². The molecule has 1 heterocycles. The van der Waals surface area contributed by atoms with Crippen molar-refractivity contribution in [2.24, 2.45) is 0 Å². The number of benzene rings is 2. The number of nitrogens with zero attached hydrogens (tertiary/aromatic N) is 1. The number of phenols is 1. The zero-order valence-corrected chi connectivity index (χ0v) is 17.0. The van der Waals surface area contributed by atoms with Gasteiger partial charge in [-0.15, -0.1) is 0 Å². The molecule has 6 heteroatoms. The Kier molecular flexibility index (Phi) is 6.66. The molecule has 5 nitrogen and oxygen atoms in total. The van der Waals surface area contributed by atoms with E-state index in [1.165, 1.54) is 0 Å². The van der Waals surface area contributed by atoms with Crippen molar-refractivity contribution in [2.75, 3.05) is 7.11 Å². The number of carbonyl (C=O) groups excluding carboxylic acids is 1. The number of amides is 1. The first-order chi connectivity index (χ1) is 13.6. The van der Waals surface area contributed by atoms with Crippen molar-refractivity contribution < 1.29 is 14.6 Å². The maximum atomic E-state index is 12.6. The Morgan fingerprint density at radius 2 is 2.00 bits per heavy atom. The minimum absolute atomic E-state index is 0.107. The number of carbonyl (C=O) groups is 1. The normalized spacial score (nSPS) is 11.6. The molecular formula is C22H21BrN2O3. The maximum absolute atomic E-state index is 12.6. The van der Waals surface area contributed by atoms with Gasteiger partial charge in [-0.2, -0.15) is 0 Å². The van der Waals surface area contributed by atoms with Crippen molar-refractivity contribution in [3.63, 3.8) is 0 Å². The molecule has 1 unspecified atom stereocenters. The highest BCUT2D eigenvalue weighted by Gasteiger charge is 2.21.